The van der Waals surface area contributed by atoms with Crippen molar-refractivity contribution in [2.24, 2.45) is 11.7 Å². The van der Waals surface area contributed by atoms with E-state index >= 15 is 0 Å². The van der Waals surface area contributed by atoms with Crippen molar-refractivity contribution in [2.45, 2.75) is 56.9 Å². The highest BCUT2D eigenvalue weighted by Gasteiger charge is 2.46. The number of hydrogen-bond donors (Lipinski definition) is 1. The minimum absolute atomic E-state index is 0.307. The number of benzene rings is 1. The summed E-state index contributed by atoms with van der Waals surface area (Å²) >= 11 is 3.58. The van der Waals surface area contributed by atoms with Gasteiger partial charge in [-0.25, -0.2) is 0 Å². The molecule has 1 aliphatic heterocycles. The van der Waals surface area contributed by atoms with Gasteiger partial charge in [0.2, 0.25) is 5.91 Å². The van der Waals surface area contributed by atoms with Gasteiger partial charge in [-0.1, -0.05) is 47.3 Å². The van der Waals surface area contributed by atoms with Gasteiger partial charge >= 0.3 is 0 Å². The zero-order valence-electron chi connectivity index (χ0n) is 13.9. The van der Waals surface area contributed by atoms with E-state index in [1.54, 1.807) is 0 Å². The molecule has 2 atom stereocenters. The number of nitrogens with two attached hydrogens (primary N) is 1. The summed E-state index contributed by atoms with van der Waals surface area (Å²) in [6, 6.07) is 8.67. The molecule has 3 nitrogen and oxygen atoms in total. The van der Waals surface area contributed by atoms with Gasteiger partial charge in [-0.05, 0) is 56.3 Å². The van der Waals surface area contributed by atoms with E-state index in [4.69, 9.17) is 5.73 Å². The highest BCUT2D eigenvalue weighted by molar-refractivity contribution is 9.10. The maximum Gasteiger partial charge on any atom is 0.233 e. The Morgan fingerprint density at radius 1 is 1.35 bits per heavy atom. The number of rotatable bonds is 3. The van der Waals surface area contributed by atoms with Gasteiger partial charge in [0.05, 0.1) is 5.41 Å². The molecule has 2 fully saturated rings. The van der Waals surface area contributed by atoms with Crippen LogP contribution in [0.3, 0.4) is 0 Å². The number of amides is 1. The van der Waals surface area contributed by atoms with Gasteiger partial charge < -0.3 is 10.6 Å². The predicted octanol–water partition coefficient (Wildman–Crippen LogP) is 3.85. The summed E-state index contributed by atoms with van der Waals surface area (Å²) in [5.74, 6) is 0.788. The maximum absolute atomic E-state index is 13.6. The normalized spacial score (nSPS) is 27.2. The molecule has 1 amide bonds. The van der Waals surface area contributed by atoms with E-state index < -0.39 is 0 Å². The molecule has 0 bridgehead atoms. The minimum Gasteiger partial charge on any atom is -0.339 e. The number of halogens is 1. The van der Waals surface area contributed by atoms with Gasteiger partial charge in [0.1, 0.15) is 0 Å². The van der Waals surface area contributed by atoms with E-state index in [2.05, 4.69) is 46.0 Å². The molecule has 23 heavy (non-hydrogen) atoms. The Labute approximate surface area is 147 Å². The van der Waals surface area contributed by atoms with Gasteiger partial charge in [-0.15, -0.1) is 0 Å². The first-order chi connectivity index (χ1) is 11.1. The summed E-state index contributed by atoms with van der Waals surface area (Å²) in [6.45, 7) is 3.68. The number of hydrogen-bond acceptors (Lipinski definition) is 2. The maximum atomic E-state index is 13.6. The van der Waals surface area contributed by atoms with Crippen molar-refractivity contribution in [1.82, 2.24) is 4.90 Å². The second-order valence-electron chi connectivity index (χ2n) is 7.30. The topological polar surface area (TPSA) is 46.3 Å². The molecule has 0 aromatic heterocycles. The molecular weight excluding hydrogens is 352 g/mol. The number of nitrogens with zero attached hydrogens (tertiary/aromatic N) is 1. The molecule has 2 unspecified atom stereocenters. The lowest BCUT2D eigenvalue weighted by Crippen LogP contribution is -2.49. The van der Waals surface area contributed by atoms with Crippen molar-refractivity contribution in [3.05, 3.63) is 34.3 Å². The first kappa shape index (κ1) is 17.0. The summed E-state index contributed by atoms with van der Waals surface area (Å²) in [5.41, 5.74) is 6.70. The molecule has 1 aromatic carbocycles. The van der Waals surface area contributed by atoms with E-state index in [1.807, 2.05) is 6.07 Å². The zero-order chi connectivity index (χ0) is 16.4. The Hall–Kier alpha value is -0.870. The molecule has 4 heteroatoms. The van der Waals surface area contributed by atoms with Crippen LogP contribution in [0.25, 0.3) is 0 Å². The minimum atomic E-state index is -0.334. The Morgan fingerprint density at radius 3 is 2.70 bits per heavy atom. The largest absolute Gasteiger partial charge is 0.339 e. The van der Waals surface area contributed by atoms with Crippen molar-refractivity contribution in [2.75, 3.05) is 13.1 Å². The third-order valence-corrected chi connectivity index (χ3v) is 6.24. The Morgan fingerprint density at radius 2 is 2.09 bits per heavy atom. The van der Waals surface area contributed by atoms with Gasteiger partial charge in [0, 0.05) is 17.1 Å². The molecule has 1 aliphatic carbocycles. The number of likely N-dealkylation sites (tertiary alicyclic amines) is 1. The molecule has 3 rings (SSSR count). The molecule has 2 aliphatic rings. The standard InChI is InChI=1S/C19H27BrN2O/c1-14-10-15(12-21)13-22(14)18(23)19(8-3-2-4-9-19)16-6-5-7-17(20)11-16/h5-7,11,14-15H,2-4,8-10,12-13,21H2,1H3. The van der Waals surface area contributed by atoms with Gasteiger partial charge in [-0.2, -0.15) is 0 Å². The molecule has 1 aromatic rings. The second kappa shape index (κ2) is 6.94. The van der Waals surface area contributed by atoms with Crippen LogP contribution in [-0.4, -0.2) is 29.9 Å². The van der Waals surface area contributed by atoms with Gasteiger partial charge in [-0.3, -0.25) is 4.79 Å². The highest BCUT2D eigenvalue weighted by Crippen LogP contribution is 2.43. The van der Waals surface area contributed by atoms with E-state index in [9.17, 15) is 4.79 Å². The van der Waals surface area contributed by atoms with Crippen LogP contribution in [0.5, 0.6) is 0 Å². The van der Waals surface area contributed by atoms with Gasteiger partial charge in [0.15, 0.2) is 0 Å². The summed E-state index contributed by atoms with van der Waals surface area (Å²) in [4.78, 5) is 15.7. The molecule has 126 valence electrons. The molecule has 1 heterocycles. The van der Waals surface area contributed by atoms with E-state index in [-0.39, 0.29) is 5.41 Å². The molecule has 2 N–H and O–H groups in total. The van der Waals surface area contributed by atoms with Crippen LogP contribution in [0, 0.1) is 5.92 Å². The van der Waals surface area contributed by atoms with Crippen molar-refractivity contribution >= 4 is 21.8 Å². The monoisotopic (exact) mass is 378 g/mol. The fourth-order valence-corrected chi connectivity index (χ4v) is 4.84. The van der Waals surface area contributed by atoms with Crippen LogP contribution >= 0.6 is 15.9 Å². The Kier molecular flexibility index (Phi) is 5.12. The van der Waals surface area contributed by atoms with Crippen LogP contribution in [0.4, 0.5) is 0 Å². The summed E-state index contributed by atoms with van der Waals surface area (Å²) in [5, 5.41) is 0. The quantitative estimate of drug-likeness (QED) is 0.867. The van der Waals surface area contributed by atoms with Crippen molar-refractivity contribution < 1.29 is 4.79 Å². The SMILES string of the molecule is CC1CC(CN)CN1C(=O)C1(c2cccc(Br)c2)CCCCC1. The molecular formula is C19H27BrN2O. The van der Waals surface area contributed by atoms with Crippen molar-refractivity contribution in [3.8, 4) is 0 Å². The smallest absolute Gasteiger partial charge is 0.233 e. The third-order valence-electron chi connectivity index (χ3n) is 5.75. The fourth-order valence-electron chi connectivity index (χ4n) is 4.44. The molecule has 1 saturated carbocycles. The first-order valence-electron chi connectivity index (χ1n) is 8.84. The predicted molar refractivity (Wildman–Crippen MR) is 97.2 cm³/mol. The lowest BCUT2D eigenvalue weighted by atomic mass is 9.68. The molecule has 1 saturated heterocycles. The average molecular weight is 379 g/mol. The summed E-state index contributed by atoms with van der Waals surface area (Å²) in [6.07, 6.45) is 6.50. The zero-order valence-corrected chi connectivity index (χ0v) is 15.5. The van der Waals surface area contributed by atoms with Crippen LogP contribution in [0.1, 0.15) is 51.0 Å². The van der Waals surface area contributed by atoms with Crippen LogP contribution in [0.2, 0.25) is 0 Å². The van der Waals surface area contributed by atoms with Gasteiger partial charge in [0.25, 0.3) is 0 Å². The second-order valence-corrected chi connectivity index (χ2v) is 8.21. The molecule has 0 radical (unpaired) electrons. The van der Waals surface area contributed by atoms with Crippen molar-refractivity contribution in [1.29, 1.82) is 0 Å². The Balaban J connectivity index is 1.94. The lowest BCUT2D eigenvalue weighted by molar-refractivity contribution is -0.139. The first-order valence-corrected chi connectivity index (χ1v) is 9.63. The number of carbonyl (C=O) groups is 1. The number of carbonyl (C=O) groups excluding carboxylic acids is 1. The van der Waals surface area contributed by atoms with Crippen molar-refractivity contribution in [3.63, 3.8) is 0 Å². The average Bonchev–Trinajstić information content (AvgIpc) is 2.95. The highest BCUT2D eigenvalue weighted by atomic mass is 79.9. The van der Waals surface area contributed by atoms with Crippen LogP contribution in [-0.2, 0) is 10.2 Å². The molecule has 0 spiro atoms. The summed E-state index contributed by atoms with van der Waals surface area (Å²) < 4.78 is 1.06. The lowest BCUT2D eigenvalue weighted by Gasteiger charge is -2.40. The van der Waals surface area contributed by atoms with Crippen LogP contribution < -0.4 is 5.73 Å². The summed E-state index contributed by atoms with van der Waals surface area (Å²) in [7, 11) is 0. The fraction of sp³-hybridized carbons (Fsp3) is 0.632. The van der Waals surface area contributed by atoms with E-state index in [0.29, 0.717) is 24.4 Å². The third kappa shape index (κ3) is 3.20. The van der Waals surface area contributed by atoms with Crippen LogP contribution in [0.15, 0.2) is 28.7 Å². The Bertz CT molecular complexity index is 568. The van der Waals surface area contributed by atoms with E-state index in [0.717, 1.165) is 43.1 Å². The van der Waals surface area contributed by atoms with E-state index in [1.165, 1.54) is 12.0 Å².